The molecule has 0 aromatic heterocycles. The molecule has 0 spiro atoms. The van der Waals surface area contributed by atoms with Crippen LogP contribution in [0.5, 0.6) is 0 Å². The largest absolute Gasteiger partial charge is 0.390 e. The molecule has 0 aliphatic carbocycles. The molecule has 0 bridgehead atoms. The molecule has 0 amide bonds. The van der Waals surface area contributed by atoms with E-state index in [4.69, 9.17) is 22.4 Å². The minimum Gasteiger partial charge on any atom is -0.390 e. The van der Waals surface area contributed by atoms with E-state index in [0.29, 0.717) is 6.42 Å². The molecule has 0 saturated carbocycles. The summed E-state index contributed by atoms with van der Waals surface area (Å²) < 4.78 is 0. The zero-order chi connectivity index (χ0) is 17.5. The first-order chi connectivity index (χ1) is 11.0. The van der Waals surface area contributed by atoms with E-state index in [2.05, 4.69) is 6.92 Å². The van der Waals surface area contributed by atoms with Gasteiger partial charge in [0, 0.05) is 0 Å². The van der Waals surface area contributed by atoms with Crippen LogP contribution in [0.15, 0.2) is 0 Å². The molecule has 5 heteroatoms. The van der Waals surface area contributed by atoms with E-state index in [-0.39, 0.29) is 0 Å². The van der Waals surface area contributed by atoms with Crippen molar-refractivity contribution in [3.63, 3.8) is 0 Å². The minimum atomic E-state index is -1.33. The van der Waals surface area contributed by atoms with Gasteiger partial charge in [0.15, 0.2) is 0 Å². The number of nitrogens with two attached hydrogens (primary N) is 1. The quantitative estimate of drug-likeness (QED) is 0.252. The van der Waals surface area contributed by atoms with Gasteiger partial charge in [0.05, 0.1) is 18.2 Å². The fourth-order valence-electron chi connectivity index (χ4n) is 2.78. The van der Waals surface area contributed by atoms with Gasteiger partial charge in [-0.3, -0.25) is 0 Å². The average molecular weight is 352 g/mol. The fraction of sp³-hybridized carbons (Fsp3) is 1.00. The molecule has 4 nitrogen and oxygen atoms in total. The molecule has 0 aliphatic rings. The molecule has 23 heavy (non-hydrogen) atoms. The summed E-state index contributed by atoms with van der Waals surface area (Å²) in [7, 11) is 0. The van der Waals surface area contributed by atoms with Gasteiger partial charge in [-0.25, -0.2) is 0 Å². The SMILES string of the molecule is CCCCCCCCCCCCCC[C@@H](O)[C@@H](O)[C@@H](N)C(O)Cl. The number of halogens is 1. The zero-order valence-corrected chi connectivity index (χ0v) is 15.6. The Balaban J connectivity index is 3.35. The maximum Gasteiger partial charge on any atom is 0.145 e. The molecule has 0 rings (SSSR count). The maximum absolute atomic E-state index is 9.80. The van der Waals surface area contributed by atoms with E-state index in [1.807, 2.05) is 0 Å². The Labute approximate surface area is 147 Å². The third-order valence-electron chi connectivity index (χ3n) is 4.46. The molecule has 140 valence electrons. The van der Waals surface area contributed by atoms with Crippen molar-refractivity contribution in [2.24, 2.45) is 5.73 Å². The highest BCUT2D eigenvalue weighted by Crippen LogP contribution is 2.15. The lowest BCUT2D eigenvalue weighted by atomic mass is 10.00. The van der Waals surface area contributed by atoms with Crippen LogP contribution in [-0.4, -0.2) is 39.1 Å². The van der Waals surface area contributed by atoms with Crippen molar-refractivity contribution in [2.75, 3.05) is 0 Å². The van der Waals surface area contributed by atoms with Gasteiger partial charge < -0.3 is 21.1 Å². The minimum absolute atomic E-state index is 0.496. The molecule has 0 fully saturated rings. The Kier molecular flexibility index (Phi) is 15.7. The van der Waals surface area contributed by atoms with Crippen molar-refractivity contribution in [1.82, 2.24) is 0 Å². The van der Waals surface area contributed by atoms with Gasteiger partial charge in [-0.1, -0.05) is 95.6 Å². The number of hydrogen-bond acceptors (Lipinski definition) is 4. The fourth-order valence-corrected chi connectivity index (χ4v) is 2.93. The normalized spacial score (nSPS) is 17.0. The molecule has 0 radical (unpaired) electrons. The summed E-state index contributed by atoms with van der Waals surface area (Å²) in [6.07, 6.45) is 13.5. The van der Waals surface area contributed by atoms with Crippen molar-refractivity contribution >= 4 is 11.6 Å². The average Bonchev–Trinajstić information content (AvgIpc) is 2.54. The summed E-state index contributed by atoms with van der Waals surface area (Å²) in [5.41, 5.74) is 4.17. The highest BCUT2D eigenvalue weighted by Gasteiger charge is 2.27. The Hall–Kier alpha value is 0.130. The van der Waals surface area contributed by atoms with Crippen LogP contribution in [0.25, 0.3) is 0 Å². The van der Waals surface area contributed by atoms with E-state index < -0.39 is 23.8 Å². The molecule has 0 aromatic carbocycles. The number of unbranched alkanes of at least 4 members (excludes halogenated alkanes) is 11. The number of rotatable bonds is 16. The third-order valence-corrected chi connectivity index (χ3v) is 4.75. The lowest BCUT2D eigenvalue weighted by Crippen LogP contribution is -2.48. The smallest absolute Gasteiger partial charge is 0.145 e. The first-order valence-electron chi connectivity index (χ1n) is 9.44. The second-order valence-corrected chi connectivity index (χ2v) is 7.13. The second-order valence-electron chi connectivity index (χ2n) is 6.69. The van der Waals surface area contributed by atoms with E-state index in [0.717, 1.165) is 12.8 Å². The van der Waals surface area contributed by atoms with Crippen LogP contribution in [0.4, 0.5) is 0 Å². The Morgan fingerprint density at radius 2 is 1.13 bits per heavy atom. The Morgan fingerprint density at radius 1 is 0.739 bits per heavy atom. The van der Waals surface area contributed by atoms with Gasteiger partial charge in [-0.15, -0.1) is 0 Å². The number of hydrogen-bond donors (Lipinski definition) is 4. The van der Waals surface area contributed by atoms with Gasteiger partial charge in [0.2, 0.25) is 0 Å². The standard InChI is InChI=1S/C18H38ClNO3/c1-2-3-4-5-6-7-8-9-10-11-12-13-14-15(21)17(22)16(20)18(19)23/h15-18,21-23H,2-14,20H2,1H3/t15-,16-,17-,18?/m1/s1. The molecule has 0 aliphatic heterocycles. The zero-order valence-electron chi connectivity index (χ0n) is 14.8. The summed E-state index contributed by atoms with van der Waals surface area (Å²) >= 11 is 5.41. The van der Waals surface area contributed by atoms with E-state index in [9.17, 15) is 10.2 Å². The summed E-state index contributed by atoms with van der Waals surface area (Å²) in [6, 6.07) is -1.01. The van der Waals surface area contributed by atoms with Crippen molar-refractivity contribution in [3.8, 4) is 0 Å². The predicted octanol–water partition coefficient (Wildman–Crippen LogP) is 3.68. The van der Waals surface area contributed by atoms with Crippen LogP contribution in [0, 0.1) is 0 Å². The summed E-state index contributed by atoms with van der Waals surface area (Å²) in [6.45, 7) is 2.25. The number of aliphatic hydroxyl groups excluding tert-OH is 3. The molecule has 1 unspecified atom stereocenters. The van der Waals surface area contributed by atoms with Crippen LogP contribution in [-0.2, 0) is 0 Å². The van der Waals surface area contributed by atoms with Crippen molar-refractivity contribution in [3.05, 3.63) is 0 Å². The molecule has 4 atom stereocenters. The van der Waals surface area contributed by atoms with E-state index in [1.54, 1.807) is 0 Å². The van der Waals surface area contributed by atoms with Gasteiger partial charge in [-0.2, -0.15) is 0 Å². The number of aliphatic hydroxyl groups is 3. The van der Waals surface area contributed by atoms with Crippen LogP contribution in [0.3, 0.4) is 0 Å². The first kappa shape index (κ1) is 23.1. The van der Waals surface area contributed by atoms with Crippen molar-refractivity contribution in [1.29, 1.82) is 0 Å². The monoisotopic (exact) mass is 351 g/mol. The molecule has 0 aromatic rings. The maximum atomic E-state index is 9.80. The van der Waals surface area contributed by atoms with Gasteiger partial charge >= 0.3 is 0 Å². The molecule has 0 saturated heterocycles. The van der Waals surface area contributed by atoms with E-state index >= 15 is 0 Å². The highest BCUT2D eigenvalue weighted by molar-refractivity contribution is 6.20. The van der Waals surface area contributed by atoms with Crippen LogP contribution in [0.1, 0.15) is 90.4 Å². The third kappa shape index (κ3) is 13.1. The molecule has 5 N–H and O–H groups in total. The van der Waals surface area contributed by atoms with Crippen molar-refractivity contribution in [2.45, 2.75) is 114 Å². The lowest BCUT2D eigenvalue weighted by molar-refractivity contribution is -0.0179. The van der Waals surface area contributed by atoms with E-state index in [1.165, 1.54) is 64.2 Å². The number of alkyl halides is 1. The van der Waals surface area contributed by atoms with Crippen LogP contribution >= 0.6 is 11.6 Å². The van der Waals surface area contributed by atoms with Crippen LogP contribution in [0.2, 0.25) is 0 Å². The topological polar surface area (TPSA) is 86.7 Å². The summed E-state index contributed by atoms with van der Waals surface area (Å²) in [5, 5.41) is 28.6. The molecular weight excluding hydrogens is 314 g/mol. The molecule has 0 heterocycles. The highest BCUT2D eigenvalue weighted by atomic mass is 35.5. The second kappa shape index (κ2) is 15.6. The summed E-state index contributed by atoms with van der Waals surface area (Å²) in [4.78, 5) is 0. The Morgan fingerprint density at radius 3 is 1.52 bits per heavy atom. The van der Waals surface area contributed by atoms with Crippen LogP contribution < -0.4 is 5.73 Å². The van der Waals surface area contributed by atoms with Gasteiger partial charge in [-0.05, 0) is 6.42 Å². The van der Waals surface area contributed by atoms with Crippen molar-refractivity contribution < 1.29 is 15.3 Å². The summed E-state index contributed by atoms with van der Waals surface area (Å²) in [5.74, 6) is 0. The first-order valence-corrected chi connectivity index (χ1v) is 9.88. The lowest BCUT2D eigenvalue weighted by Gasteiger charge is -2.24. The van der Waals surface area contributed by atoms with Gasteiger partial charge in [0.25, 0.3) is 0 Å². The molecular formula is C18H38ClNO3. The van der Waals surface area contributed by atoms with Gasteiger partial charge in [0.1, 0.15) is 5.56 Å². The predicted molar refractivity (Wildman–Crippen MR) is 97.5 cm³/mol. The Bertz CT molecular complexity index is 254.